The predicted molar refractivity (Wildman–Crippen MR) is 127 cm³/mol. The van der Waals surface area contributed by atoms with Gasteiger partial charge >= 0.3 is 5.97 Å². The lowest BCUT2D eigenvalue weighted by Crippen LogP contribution is -2.29. The number of carbonyl (C=O) groups is 1. The van der Waals surface area contributed by atoms with Gasteiger partial charge in [-0.25, -0.2) is 0 Å². The van der Waals surface area contributed by atoms with Gasteiger partial charge < -0.3 is 10.1 Å². The largest absolute Gasteiger partial charge is 0.466 e. The summed E-state index contributed by atoms with van der Waals surface area (Å²) in [7, 11) is 0. The highest BCUT2D eigenvalue weighted by Crippen LogP contribution is 2.36. The zero-order valence-corrected chi connectivity index (χ0v) is 18.6. The second-order valence-corrected chi connectivity index (χ2v) is 8.71. The van der Waals surface area contributed by atoms with E-state index in [1.165, 1.54) is 40.3 Å². The molecule has 162 valence electrons. The number of hydrogen-bond donors (Lipinski definition) is 1. The van der Waals surface area contributed by atoms with Crippen molar-refractivity contribution in [2.24, 2.45) is 0 Å². The summed E-state index contributed by atoms with van der Waals surface area (Å²) in [6.07, 6.45) is 4.78. The van der Waals surface area contributed by atoms with E-state index in [2.05, 4.69) is 79.0 Å². The van der Waals surface area contributed by atoms with Crippen molar-refractivity contribution in [1.82, 2.24) is 5.32 Å². The van der Waals surface area contributed by atoms with Gasteiger partial charge in [-0.3, -0.25) is 4.79 Å². The monoisotopic (exact) mass is 415 g/mol. The van der Waals surface area contributed by atoms with Crippen LogP contribution < -0.4 is 5.32 Å². The third-order valence-electron chi connectivity index (χ3n) is 6.55. The normalized spacial score (nSPS) is 19.4. The van der Waals surface area contributed by atoms with Gasteiger partial charge in [-0.1, -0.05) is 66.7 Å². The second-order valence-electron chi connectivity index (χ2n) is 8.71. The van der Waals surface area contributed by atoms with E-state index in [0.717, 1.165) is 12.8 Å². The number of ether oxygens (including phenoxy) is 1. The first-order valence-electron chi connectivity index (χ1n) is 11.6. The van der Waals surface area contributed by atoms with Crippen LogP contribution in [0.3, 0.4) is 0 Å². The van der Waals surface area contributed by atoms with Crippen LogP contribution in [-0.2, 0) is 16.0 Å². The summed E-state index contributed by atoms with van der Waals surface area (Å²) in [6, 6.07) is 24.9. The van der Waals surface area contributed by atoms with Crippen molar-refractivity contribution in [1.29, 1.82) is 0 Å². The van der Waals surface area contributed by atoms with Gasteiger partial charge in [0.05, 0.1) is 6.61 Å². The number of nitrogens with one attached hydrogen (secondary N) is 1. The Labute approximate surface area is 185 Å². The molecule has 3 aromatic carbocycles. The van der Waals surface area contributed by atoms with Crippen LogP contribution in [0.4, 0.5) is 0 Å². The Morgan fingerprint density at radius 3 is 2.74 bits per heavy atom. The molecule has 0 bridgehead atoms. The summed E-state index contributed by atoms with van der Waals surface area (Å²) in [5, 5.41) is 6.54. The summed E-state index contributed by atoms with van der Waals surface area (Å²) in [6.45, 7) is 4.59. The van der Waals surface area contributed by atoms with E-state index in [0.29, 0.717) is 31.0 Å². The highest BCUT2D eigenvalue weighted by atomic mass is 16.5. The van der Waals surface area contributed by atoms with Gasteiger partial charge in [0.15, 0.2) is 0 Å². The predicted octanol–water partition coefficient (Wildman–Crippen LogP) is 6.32. The minimum absolute atomic E-state index is 0.111. The summed E-state index contributed by atoms with van der Waals surface area (Å²) < 4.78 is 5.06. The Balaban J connectivity index is 1.37. The summed E-state index contributed by atoms with van der Waals surface area (Å²) in [4.78, 5) is 11.7. The van der Waals surface area contributed by atoms with E-state index in [1.807, 2.05) is 6.92 Å². The average molecular weight is 416 g/mol. The lowest BCUT2D eigenvalue weighted by atomic mass is 9.94. The fourth-order valence-corrected chi connectivity index (χ4v) is 4.99. The lowest BCUT2D eigenvalue weighted by Gasteiger charge is -2.22. The molecule has 31 heavy (non-hydrogen) atoms. The molecule has 0 aromatic heterocycles. The van der Waals surface area contributed by atoms with Crippen LogP contribution in [0.1, 0.15) is 68.2 Å². The first-order valence-corrected chi connectivity index (χ1v) is 11.6. The molecule has 1 saturated carbocycles. The van der Waals surface area contributed by atoms with Crippen molar-refractivity contribution in [2.75, 3.05) is 6.61 Å². The molecule has 4 rings (SSSR count). The van der Waals surface area contributed by atoms with Crippen molar-refractivity contribution in [3.05, 3.63) is 83.4 Å². The van der Waals surface area contributed by atoms with Crippen LogP contribution in [0, 0.1) is 0 Å². The zero-order chi connectivity index (χ0) is 21.6. The van der Waals surface area contributed by atoms with Crippen LogP contribution in [0.5, 0.6) is 0 Å². The number of benzene rings is 3. The minimum Gasteiger partial charge on any atom is -0.466 e. The second kappa shape index (κ2) is 10.1. The van der Waals surface area contributed by atoms with Crippen molar-refractivity contribution in [3.63, 3.8) is 0 Å². The topological polar surface area (TPSA) is 38.3 Å². The Morgan fingerprint density at radius 2 is 1.87 bits per heavy atom. The molecule has 3 nitrogen and oxygen atoms in total. The van der Waals surface area contributed by atoms with Crippen LogP contribution >= 0.6 is 0 Å². The van der Waals surface area contributed by atoms with E-state index >= 15 is 0 Å². The first-order chi connectivity index (χ1) is 15.1. The van der Waals surface area contributed by atoms with Gasteiger partial charge in [0.25, 0.3) is 0 Å². The van der Waals surface area contributed by atoms with E-state index in [1.54, 1.807) is 0 Å². The number of fused-ring (bicyclic) bond motifs is 1. The SMILES string of the molecule is CCOC(=O)CCc1cccc([C@@H]2CC[C@H](N[C@H](C)c3cccc4ccccc34)C2)c1. The molecule has 3 aromatic rings. The fraction of sp³-hybridized carbons (Fsp3) is 0.393. The molecule has 0 aliphatic heterocycles. The van der Waals surface area contributed by atoms with Crippen LogP contribution in [0.25, 0.3) is 10.8 Å². The third kappa shape index (κ3) is 5.34. The molecule has 0 radical (unpaired) electrons. The molecule has 1 aliphatic rings. The number of hydrogen-bond acceptors (Lipinski definition) is 3. The zero-order valence-electron chi connectivity index (χ0n) is 18.6. The Bertz CT molecular complexity index is 1020. The van der Waals surface area contributed by atoms with Gasteiger partial charge in [0, 0.05) is 18.5 Å². The van der Waals surface area contributed by atoms with E-state index in [9.17, 15) is 4.79 Å². The molecule has 0 amide bonds. The standard InChI is InChI=1S/C28H33NO2/c1-3-31-28(30)17-14-21-8-6-11-23(18-21)24-15-16-25(19-24)29-20(2)26-13-7-10-22-9-4-5-12-27(22)26/h4-13,18,20,24-25,29H,3,14-17,19H2,1-2H3/t20-,24-,25+/m1/s1. The quantitative estimate of drug-likeness (QED) is 0.437. The maximum Gasteiger partial charge on any atom is 0.306 e. The first kappa shape index (κ1) is 21.6. The molecular weight excluding hydrogens is 382 g/mol. The average Bonchev–Trinajstić information content (AvgIpc) is 3.26. The molecular formula is C28H33NO2. The number of carbonyl (C=O) groups excluding carboxylic acids is 1. The molecule has 0 heterocycles. The summed E-state index contributed by atoms with van der Waals surface area (Å²) in [5.74, 6) is 0.472. The number of aryl methyl sites for hydroxylation is 1. The van der Waals surface area contributed by atoms with Crippen LogP contribution in [-0.4, -0.2) is 18.6 Å². The molecule has 1 aliphatic carbocycles. The number of esters is 1. The Hall–Kier alpha value is -2.65. The van der Waals surface area contributed by atoms with Crippen LogP contribution in [0.2, 0.25) is 0 Å². The number of rotatable bonds is 8. The molecule has 1 fully saturated rings. The minimum atomic E-state index is -0.111. The van der Waals surface area contributed by atoms with Crippen molar-refractivity contribution < 1.29 is 9.53 Å². The molecule has 0 saturated heterocycles. The van der Waals surface area contributed by atoms with E-state index < -0.39 is 0 Å². The van der Waals surface area contributed by atoms with Gasteiger partial charge in [-0.05, 0) is 72.9 Å². The smallest absolute Gasteiger partial charge is 0.306 e. The summed E-state index contributed by atoms with van der Waals surface area (Å²) >= 11 is 0. The maximum absolute atomic E-state index is 11.7. The van der Waals surface area contributed by atoms with Gasteiger partial charge in [0.2, 0.25) is 0 Å². The molecule has 0 spiro atoms. The highest BCUT2D eigenvalue weighted by Gasteiger charge is 2.27. The molecule has 3 heteroatoms. The van der Waals surface area contributed by atoms with Crippen molar-refractivity contribution in [3.8, 4) is 0 Å². The van der Waals surface area contributed by atoms with Gasteiger partial charge in [-0.2, -0.15) is 0 Å². The summed E-state index contributed by atoms with van der Waals surface area (Å²) in [5.41, 5.74) is 4.01. The molecule has 0 unspecified atom stereocenters. The Morgan fingerprint density at radius 1 is 1.06 bits per heavy atom. The lowest BCUT2D eigenvalue weighted by molar-refractivity contribution is -0.143. The molecule has 3 atom stereocenters. The highest BCUT2D eigenvalue weighted by molar-refractivity contribution is 5.86. The van der Waals surface area contributed by atoms with Crippen LogP contribution in [0.15, 0.2) is 66.7 Å². The van der Waals surface area contributed by atoms with E-state index in [4.69, 9.17) is 4.74 Å². The Kier molecular flexibility index (Phi) is 7.03. The van der Waals surface area contributed by atoms with E-state index in [-0.39, 0.29) is 5.97 Å². The van der Waals surface area contributed by atoms with Gasteiger partial charge in [-0.15, -0.1) is 0 Å². The fourth-order valence-electron chi connectivity index (χ4n) is 4.99. The molecule has 1 N–H and O–H groups in total. The third-order valence-corrected chi connectivity index (χ3v) is 6.55. The maximum atomic E-state index is 11.7. The van der Waals surface area contributed by atoms with Crippen molar-refractivity contribution >= 4 is 16.7 Å². The van der Waals surface area contributed by atoms with Crippen molar-refractivity contribution in [2.45, 2.75) is 64.0 Å². The van der Waals surface area contributed by atoms with Gasteiger partial charge in [0.1, 0.15) is 0 Å².